The van der Waals surface area contributed by atoms with Crippen LogP contribution in [0.15, 0.2) is 77.0 Å². The molecule has 8 rings (SSSR count). The van der Waals surface area contributed by atoms with Crippen molar-refractivity contribution in [3.05, 3.63) is 123 Å². The molecule has 15 nitrogen and oxygen atoms in total. The number of ether oxygens (including phenoxy) is 4. The molecule has 0 saturated heterocycles. The maximum atomic E-state index is 15.4. The lowest BCUT2D eigenvalue weighted by molar-refractivity contribution is -0.142. The fourth-order valence-electron chi connectivity index (χ4n) is 8.83. The second kappa shape index (κ2) is 23.9. The zero-order valence-electron chi connectivity index (χ0n) is 44.8. The number of fused-ring (bicyclic) bond motifs is 2. The highest BCUT2D eigenvalue weighted by Crippen LogP contribution is 2.68. The first-order valence-corrected chi connectivity index (χ1v) is 30.3. The summed E-state index contributed by atoms with van der Waals surface area (Å²) in [6.07, 6.45) is 8.25. The van der Waals surface area contributed by atoms with Gasteiger partial charge in [0.15, 0.2) is 16.2 Å². The molecule has 2 saturated carbocycles. The highest BCUT2D eigenvalue weighted by atomic mass is 35.5. The van der Waals surface area contributed by atoms with Crippen LogP contribution in [0, 0.1) is 30.4 Å². The van der Waals surface area contributed by atoms with Gasteiger partial charge in [0.1, 0.15) is 49.5 Å². The molecule has 0 spiro atoms. The standard InChI is InChI=1S/C28H40F2N2O5SSi.C20H17ClF2N4O2S.C5H5ClN2/c1-18(29)14-19-10-11-21(30)20(15-19)27(5)22-16-28(22,23(33)35-6)38-24(31-27)32(25(34)37-26(2,3)4)17-36-12-13-39(7,8)9;1-19(15-7-20(15,17(28)29-2)30-18(24)27-19)11-5-10(3-4-12(11)22)6-13(23)14-8-26-16(21)9-25-14;1-4-2-8-5(6)3-7-4/h10-11,14-15,22H,12-13,16-17H2,1-9H3;3-6,8-9,15H,7H2,1-2H3,(H2,24,27);2-3H,1H3/b18-14-;13-6-;/t22-,27+,28-;15-,19+,20-;/m00./s1. The van der Waals surface area contributed by atoms with Gasteiger partial charge in [-0.1, -0.05) is 78.5 Å². The minimum atomic E-state index is -1.39. The number of aryl methyl sites for hydroxylation is 1. The van der Waals surface area contributed by atoms with Gasteiger partial charge in [0.2, 0.25) is 0 Å². The molecule has 2 aromatic carbocycles. The average molecular weight is 1160 g/mol. The predicted octanol–water partition coefficient (Wildman–Crippen LogP) is 12.3. The molecule has 1 amide bonds. The summed E-state index contributed by atoms with van der Waals surface area (Å²) in [7, 11) is 1.22. The van der Waals surface area contributed by atoms with Gasteiger partial charge >= 0.3 is 18.0 Å². The van der Waals surface area contributed by atoms with E-state index >= 15 is 4.39 Å². The van der Waals surface area contributed by atoms with Crippen LogP contribution in [0.25, 0.3) is 18.0 Å². The van der Waals surface area contributed by atoms with Crippen molar-refractivity contribution in [1.29, 1.82) is 0 Å². The molecule has 4 aliphatic rings. The molecule has 77 heavy (non-hydrogen) atoms. The van der Waals surface area contributed by atoms with E-state index in [0.717, 1.165) is 35.3 Å². The van der Waals surface area contributed by atoms with Crippen molar-refractivity contribution >= 4 is 101 Å². The molecule has 2 N–H and O–H groups in total. The molecular formula is C53H62Cl2F4N8O7S2Si. The lowest BCUT2D eigenvalue weighted by atomic mass is 9.84. The average Bonchev–Trinajstić information content (AvgIpc) is 4.42. The van der Waals surface area contributed by atoms with Crippen LogP contribution in [0.2, 0.25) is 36.0 Å². The van der Waals surface area contributed by atoms with Gasteiger partial charge in [-0.25, -0.2) is 42.2 Å². The molecule has 2 aliphatic carbocycles. The quantitative estimate of drug-likeness (QED) is 0.0351. The number of allylic oxidation sites excluding steroid dienone is 1. The number of hydrogen-bond donors (Lipinski definition) is 1. The normalized spacial score (nSPS) is 24.4. The van der Waals surface area contributed by atoms with E-state index in [2.05, 4.69) is 44.6 Å². The number of aliphatic imine (C=N–C) groups is 2. The molecule has 414 valence electrons. The minimum Gasteiger partial charge on any atom is -0.468 e. The van der Waals surface area contributed by atoms with Gasteiger partial charge in [-0.2, -0.15) is 0 Å². The maximum absolute atomic E-state index is 15.4. The fraction of sp³-hybridized carbons (Fsp3) is 0.453. The van der Waals surface area contributed by atoms with E-state index in [1.54, 1.807) is 40.8 Å². The van der Waals surface area contributed by atoms with Crippen LogP contribution in [-0.2, 0) is 39.6 Å². The Kier molecular flexibility index (Phi) is 18.9. The first-order valence-electron chi connectivity index (χ1n) is 24.2. The number of amides is 1. The number of methoxy groups -OCH3 is 2. The molecule has 2 aliphatic heterocycles. The Balaban J connectivity index is 0.000000222. The number of aromatic nitrogens is 4. The second-order valence-electron chi connectivity index (χ2n) is 21.3. The number of hydrogen-bond acceptors (Lipinski definition) is 16. The van der Waals surface area contributed by atoms with Crippen molar-refractivity contribution in [2.24, 2.45) is 27.6 Å². The number of esters is 2. The first kappa shape index (κ1) is 60.8. The monoisotopic (exact) mass is 1160 g/mol. The first-order chi connectivity index (χ1) is 35.9. The molecule has 4 aromatic rings. The van der Waals surface area contributed by atoms with Gasteiger partial charge in [-0.15, -0.1) is 0 Å². The highest BCUT2D eigenvalue weighted by molar-refractivity contribution is 8.16. The Morgan fingerprint density at radius 2 is 1.32 bits per heavy atom. The van der Waals surface area contributed by atoms with Crippen LogP contribution >= 0.6 is 46.7 Å². The van der Waals surface area contributed by atoms with Crippen molar-refractivity contribution in [3.63, 3.8) is 0 Å². The third-order valence-electron chi connectivity index (χ3n) is 12.9. The SMILES string of the molecule is COC(=O)[C@]12C[C@H]1[C@@](C)(c1cc(/C=C(/C)F)ccc1F)N=C(N(COCC[Si](C)(C)C)C(=O)OC(C)(C)C)S2.COC(=O)[C@]12C[C@H]1[C@@](C)(c1cc(/C=C(\F)c3cnc(Cl)cn3)ccc1F)N=C(N)S2.Cc1cnc(Cl)cn1. The summed E-state index contributed by atoms with van der Waals surface area (Å²) in [4.78, 5) is 64.8. The molecule has 2 aromatic heterocycles. The predicted molar refractivity (Wildman–Crippen MR) is 297 cm³/mol. The Bertz CT molecular complexity index is 2980. The van der Waals surface area contributed by atoms with E-state index in [-0.39, 0.29) is 45.0 Å². The van der Waals surface area contributed by atoms with E-state index < -0.39 is 81.5 Å². The van der Waals surface area contributed by atoms with Gasteiger partial charge in [0, 0.05) is 43.8 Å². The largest absolute Gasteiger partial charge is 0.468 e. The molecule has 0 unspecified atom stereocenters. The lowest BCUT2D eigenvalue weighted by Crippen LogP contribution is -2.47. The number of benzene rings is 2. The number of nitrogens with two attached hydrogens (primary N) is 1. The number of halogens is 6. The molecule has 6 atom stereocenters. The van der Waals surface area contributed by atoms with Crippen LogP contribution in [0.5, 0.6) is 0 Å². The van der Waals surface area contributed by atoms with E-state index in [4.69, 9.17) is 52.9 Å². The van der Waals surface area contributed by atoms with Crippen molar-refractivity contribution in [2.45, 2.75) is 113 Å². The molecule has 2 fully saturated rings. The maximum Gasteiger partial charge on any atom is 0.418 e. The minimum absolute atomic E-state index is 0.000260. The van der Waals surface area contributed by atoms with Crippen molar-refractivity contribution < 1.29 is 50.9 Å². The van der Waals surface area contributed by atoms with Crippen LogP contribution < -0.4 is 5.73 Å². The summed E-state index contributed by atoms with van der Waals surface area (Å²) in [5.74, 6) is -3.73. The van der Waals surface area contributed by atoms with Gasteiger partial charge in [-0.3, -0.25) is 24.6 Å². The van der Waals surface area contributed by atoms with Crippen molar-refractivity contribution in [2.75, 3.05) is 27.6 Å². The van der Waals surface area contributed by atoms with E-state index in [1.165, 1.54) is 93.2 Å². The molecule has 0 radical (unpaired) electrons. The fourth-order valence-corrected chi connectivity index (χ4v) is 12.8. The third kappa shape index (κ3) is 14.5. The zero-order valence-corrected chi connectivity index (χ0v) is 48.9. The van der Waals surface area contributed by atoms with E-state index in [0.29, 0.717) is 35.7 Å². The third-order valence-corrected chi connectivity index (χ3v) is 17.7. The Morgan fingerprint density at radius 3 is 1.79 bits per heavy atom. The number of carbonyl (C=O) groups excluding carboxylic acids is 3. The van der Waals surface area contributed by atoms with Crippen molar-refractivity contribution in [1.82, 2.24) is 24.8 Å². The summed E-state index contributed by atoms with van der Waals surface area (Å²) < 4.78 is 78.2. The smallest absolute Gasteiger partial charge is 0.418 e. The van der Waals surface area contributed by atoms with Gasteiger partial charge in [0.05, 0.1) is 55.4 Å². The Labute approximate surface area is 465 Å². The Morgan fingerprint density at radius 1 is 0.805 bits per heavy atom. The number of nitrogens with zero attached hydrogens (tertiary/aromatic N) is 7. The van der Waals surface area contributed by atoms with Gasteiger partial charge < -0.3 is 24.7 Å². The molecule has 0 bridgehead atoms. The summed E-state index contributed by atoms with van der Waals surface area (Å²) >= 11 is 13.4. The second-order valence-corrected chi connectivity index (χ2v) is 30.3. The summed E-state index contributed by atoms with van der Waals surface area (Å²) in [5.41, 5.74) is 5.03. The lowest BCUT2D eigenvalue weighted by Gasteiger charge is -2.37. The van der Waals surface area contributed by atoms with Crippen molar-refractivity contribution in [3.8, 4) is 0 Å². The van der Waals surface area contributed by atoms with Crippen LogP contribution in [0.1, 0.15) is 88.0 Å². The van der Waals surface area contributed by atoms with E-state index in [1.807, 2.05) is 6.92 Å². The molecule has 4 heterocycles. The summed E-state index contributed by atoms with van der Waals surface area (Å²) in [6.45, 7) is 18.9. The topological polar surface area (TPSA) is 194 Å². The van der Waals surface area contributed by atoms with Crippen LogP contribution in [-0.4, -0.2) is 104 Å². The zero-order chi connectivity index (χ0) is 57.1. The number of carbonyl (C=O) groups is 3. The number of thioether (sulfide) groups is 2. The number of rotatable bonds is 12. The molecule has 24 heteroatoms. The summed E-state index contributed by atoms with van der Waals surface area (Å²) in [5, 5.41) is 0.948. The number of amidine groups is 2. The highest BCUT2D eigenvalue weighted by Gasteiger charge is 2.73. The summed E-state index contributed by atoms with van der Waals surface area (Å²) in [6, 6.07) is 9.36. The van der Waals surface area contributed by atoms with Gasteiger partial charge in [-0.05, 0) is 115 Å². The van der Waals surface area contributed by atoms with Crippen LogP contribution in [0.3, 0.4) is 0 Å². The van der Waals surface area contributed by atoms with Crippen LogP contribution in [0.4, 0.5) is 22.4 Å². The van der Waals surface area contributed by atoms with Gasteiger partial charge in [0.25, 0.3) is 0 Å². The molecular weight excluding hydrogens is 1100 g/mol. The Hall–Kier alpha value is -5.39. The van der Waals surface area contributed by atoms with E-state index in [9.17, 15) is 27.6 Å².